The third-order valence-electron chi connectivity index (χ3n) is 4.58. The Labute approximate surface area is 156 Å². The molecule has 0 saturated carbocycles. The van der Waals surface area contributed by atoms with Crippen LogP contribution in [0.1, 0.15) is 23.3 Å². The average Bonchev–Trinajstić information content (AvgIpc) is 3.10. The molecule has 8 heteroatoms. The third-order valence-corrected chi connectivity index (χ3v) is 4.81. The molecule has 26 heavy (non-hydrogen) atoms. The number of nitrogens with one attached hydrogen (secondary N) is 1. The molecule has 1 amide bonds. The highest BCUT2D eigenvalue weighted by Crippen LogP contribution is 2.32. The molecule has 2 aliphatic rings. The Bertz CT molecular complexity index is 801. The summed E-state index contributed by atoms with van der Waals surface area (Å²) in [7, 11) is 0. The fraction of sp³-hybridized carbons (Fsp3) is 0.389. The Morgan fingerprint density at radius 1 is 1.19 bits per heavy atom. The van der Waals surface area contributed by atoms with Gasteiger partial charge in [-0.15, -0.1) is 0 Å². The van der Waals surface area contributed by atoms with Crippen molar-refractivity contribution in [3.8, 4) is 0 Å². The van der Waals surface area contributed by atoms with Crippen LogP contribution in [0.2, 0.25) is 5.02 Å². The fourth-order valence-electron chi connectivity index (χ4n) is 3.22. The molecule has 4 rings (SSSR count). The number of carbonyl (C=O) groups is 1. The largest absolute Gasteiger partial charge is 0.347 e. The van der Waals surface area contributed by atoms with E-state index in [9.17, 15) is 4.79 Å². The van der Waals surface area contributed by atoms with Crippen molar-refractivity contribution in [2.24, 2.45) is 0 Å². The van der Waals surface area contributed by atoms with Crippen LogP contribution >= 0.6 is 11.6 Å². The topological polar surface area (TPSA) is 76.6 Å². The molecule has 2 saturated heterocycles. The van der Waals surface area contributed by atoms with Gasteiger partial charge in [-0.05, 0) is 24.3 Å². The van der Waals surface area contributed by atoms with Crippen LogP contribution in [0.5, 0.6) is 0 Å². The van der Waals surface area contributed by atoms with E-state index in [4.69, 9.17) is 21.1 Å². The monoisotopic (exact) mass is 374 g/mol. The molecule has 7 nitrogen and oxygen atoms in total. The van der Waals surface area contributed by atoms with Crippen LogP contribution in [-0.4, -0.2) is 48.0 Å². The molecule has 0 radical (unpaired) electrons. The minimum Gasteiger partial charge on any atom is -0.347 e. The van der Waals surface area contributed by atoms with E-state index in [-0.39, 0.29) is 5.91 Å². The molecule has 3 heterocycles. The number of halogens is 1. The summed E-state index contributed by atoms with van der Waals surface area (Å²) in [6.07, 6.45) is 3.12. The third kappa shape index (κ3) is 3.65. The van der Waals surface area contributed by atoms with Crippen molar-refractivity contribution < 1.29 is 14.3 Å². The van der Waals surface area contributed by atoms with Crippen molar-refractivity contribution in [2.75, 3.05) is 36.5 Å². The summed E-state index contributed by atoms with van der Waals surface area (Å²) >= 11 is 5.95. The fourth-order valence-corrected chi connectivity index (χ4v) is 3.41. The van der Waals surface area contributed by atoms with Gasteiger partial charge in [-0.1, -0.05) is 17.7 Å². The van der Waals surface area contributed by atoms with Gasteiger partial charge in [0, 0.05) is 42.8 Å². The standard InChI is InChI=1S/C18H19ClN4O3/c19-13-2-1-3-14(12-13)21-16(24)15-4-7-20-17(22-15)23-8-5-18(6-9-23)25-10-11-26-18/h1-4,7,12H,5-6,8-11H2,(H,21,24). The molecule has 1 aromatic carbocycles. The molecule has 0 bridgehead atoms. The Morgan fingerprint density at radius 3 is 2.69 bits per heavy atom. The number of nitrogens with zero attached hydrogens (tertiary/aromatic N) is 3. The normalized spacial score (nSPS) is 18.9. The molecule has 2 aromatic rings. The van der Waals surface area contributed by atoms with Crippen molar-refractivity contribution in [2.45, 2.75) is 18.6 Å². The van der Waals surface area contributed by atoms with Crippen molar-refractivity contribution >= 4 is 29.1 Å². The van der Waals surface area contributed by atoms with Gasteiger partial charge in [-0.3, -0.25) is 4.79 Å². The SMILES string of the molecule is O=C(Nc1cccc(Cl)c1)c1ccnc(N2CCC3(CC2)OCCO3)n1. The van der Waals surface area contributed by atoms with Crippen LogP contribution in [-0.2, 0) is 9.47 Å². The van der Waals surface area contributed by atoms with Gasteiger partial charge in [0.05, 0.1) is 13.2 Å². The van der Waals surface area contributed by atoms with Gasteiger partial charge in [-0.25, -0.2) is 9.97 Å². The molecule has 0 aliphatic carbocycles. The summed E-state index contributed by atoms with van der Waals surface area (Å²) in [5.74, 6) is -0.207. The van der Waals surface area contributed by atoms with Crippen LogP contribution in [0.3, 0.4) is 0 Å². The van der Waals surface area contributed by atoms with Gasteiger partial charge in [0.2, 0.25) is 5.95 Å². The first-order chi connectivity index (χ1) is 12.6. The molecule has 2 aliphatic heterocycles. The molecule has 2 fully saturated rings. The van der Waals surface area contributed by atoms with E-state index < -0.39 is 5.79 Å². The van der Waals surface area contributed by atoms with E-state index in [1.54, 1.807) is 36.5 Å². The predicted molar refractivity (Wildman–Crippen MR) is 97.5 cm³/mol. The minimum absolute atomic E-state index is 0.299. The lowest BCUT2D eigenvalue weighted by Gasteiger charge is -2.37. The van der Waals surface area contributed by atoms with Gasteiger partial charge < -0.3 is 19.7 Å². The minimum atomic E-state index is -0.446. The first kappa shape index (κ1) is 17.2. The summed E-state index contributed by atoms with van der Waals surface area (Å²) in [5.41, 5.74) is 0.932. The van der Waals surface area contributed by atoms with E-state index in [0.717, 1.165) is 25.9 Å². The Morgan fingerprint density at radius 2 is 1.96 bits per heavy atom. The van der Waals surface area contributed by atoms with Crippen molar-refractivity contribution in [1.82, 2.24) is 9.97 Å². The van der Waals surface area contributed by atoms with E-state index in [2.05, 4.69) is 15.3 Å². The van der Waals surface area contributed by atoms with Crippen molar-refractivity contribution in [3.63, 3.8) is 0 Å². The summed E-state index contributed by atoms with van der Waals surface area (Å²) in [6.45, 7) is 2.74. The van der Waals surface area contributed by atoms with Crippen LogP contribution < -0.4 is 10.2 Å². The summed E-state index contributed by atoms with van der Waals surface area (Å²) in [6, 6.07) is 8.59. The van der Waals surface area contributed by atoms with E-state index in [1.165, 1.54) is 0 Å². The number of hydrogen-bond acceptors (Lipinski definition) is 6. The number of aromatic nitrogens is 2. The summed E-state index contributed by atoms with van der Waals surface area (Å²) < 4.78 is 11.5. The van der Waals surface area contributed by atoms with Gasteiger partial charge in [0.15, 0.2) is 5.79 Å². The first-order valence-corrected chi connectivity index (χ1v) is 8.94. The lowest BCUT2D eigenvalue weighted by atomic mass is 10.0. The highest BCUT2D eigenvalue weighted by Gasteiger charge is 2.40. The van der Waals surface area contributed by atoms with Crippen LogP contribution in [0.15, 0.2) is 36.5 Å². The van der Waals surface area contributed by atoms with Gasteiger partial charge in [0.1, 0.15) is 5.69 Å². The molecule has 0 unspecified atom stereocenters. The molecule has 1 aromatic heterocycles. The lowest BCUT2D eigenvalue weighted by molar-refractivity contribution is -0.169. The van der Waals surface area contributed by atoms with E-state index in [1.807, 2.05) is 4.90 Å². The van der Waals surface area contributed by atoms with Crippen LogP contribution in [0.25, 0.3) is 0 Å². The number of hydrogen-bond donors (Lipinski definition) is 1. The predicted octanol–water partition coefficient (Wildman–Crippen LogP) is 2.73. The van der Waals surface area contributed by atoms with Crippen LogP contribution in [0.4, 0.5) is 11.6 Å². The number of anilines is 2. The van der Waals surface area contributed by atoms with Gasteiger partial charge >= 0.3 is 0 Å². The summed E-state index contributed by atoms with van der Waals surface area (Å²) in [5, 5.41) is 3.36. The number of rotatable bonds is 3. The first-order valence-electron chi connectivity index (χ1n) is 8.56. The maximum Gasteiger partial charge on any atom is 0.274 e. The summed E-state index contributed by atoms with van der Waals surface area (Å²) in [4.78, 5) is 23.2. The number of amides is 1. The molecular weight excluding hydrogens is 356 g/mol. The highest BCUT2D eigenvalue weighted by atomic mass is 35.5. The number of benzene rings is 1. The van der Waals surface area contributed by atoms with Crippen molar-refractivity contribution in [1.29, 1.82) is 0 Å². The zero-order chi connectivity index (χ0) is 18.0. The second-order valence-electron chi connectivity index (χ2n) is 6.30. The smallest absolute Gasteiger partial charge is 0.274 e. The zero-order valence-electron chi connectivity index (χ0n) is 14.2. The number of piperidine rings is 1. The van der Waals surface area contributed by atoms with Gasteiger partial charge in [0.25, 0.3) is 5.91 Å². The second-order valence-corrected chi connectivity index (χ2v) is 6.74. The average molecular weight is 375 g/mol. The highest BCUT2D eigenvalue weighted by molar-refractivity contribution is 6.30. The number of carbonyl (C=O) groups excluding carboxylic acids is 1. The maximum absolute atomic E-state index is 12.5. The lowest BCUT2D eigenvalue weighted by Crippen LogP contribution is -2.45. The molecule has 136 valence electrons. The molecular formula is C18H19ClN4O3. The molecule has 1 spiro atoms. The van der Waals surface area contributed by atoms with Crippen molar-refractivity contribution in [3.05, 3.63) is 47.2 Å². The van der Waals surface area contributed by atoms with E-state index in [0.29, 0.717) is 35.6 Å². The Kier molecular flexibility index (Phi) is 4.76. The quantitative estimate of drug-likeness (QED) is 0.890. The zero-order valence-corrected chi connectivity index (χ0v) is 14.9. The molecule has 1 N–H and O–H groups in total. The Hall–Kier alpha value is -2.22. The second kappa shape index (κ2) is 7.19. The Balaban J connectivity index is 1.44. The van der Waals surface area contributed by atoms with Crippen LogP contribution in [0, 0.1) is 0 Å². The maximum atomic E-state index is 12.5. The number of ether oxygens (including phenoxy) is 2. The molecule has 0 atom stereocenters. The van der Waals surface area contributed by atoms with E-state index >= 15 is 0 Å². The van der Waals surface area contributed by atoms with Gasteiger partial charge in [-0.2, -0.15) is 0 Å².